The molecule has 0 aliphatic carbocycles. The van der Waals surface area contributed by atoms with E-state index in [1.165, 1.54) is 10.7 Å². The number of aromatic nitrogens is 4. The second kappa shape index (κ2) is 5.18. The SMILES string of the molecule is OCc1nnn(-c2ccccc2F)c1-c1ccccn1. The van der Waals surface area contributed by atoms with Gasteiger partial charge in [0.15, 0.2) is 0 Å². The fourth-order valence-electron chi connectivity index (χ4n) is 1.97. The van der Waals surface area contributed by atoms with Crippen molar-refractivity contribution in [2.75, 3.05) is 0 Å². The first kappa shape index (κ1) is 12.4. The van der Waals surface area contributed by atoms with Crippen molar-refractivity contribution in [1.29, 1.82) is 0 Å². The first-order chi connectivity index (χ1) is 9.81. The maximum absolute atomic E-state index is 13.9. The Hall–Kier alpha value is -2.60. The van der Waals surface area contributed by atoms with Crippen molar-refractivity contribution in [3.8, 4) is 17.1 Å². The van der Waals surface area contributed by atoms with E-state index in [-0.39, 0.29) is 12.3 Å². The highest BCUT2D eigenvalue weighted by Crippen LogP contribution is 2.24. The summed E-state index contributed by atoms with van der Waals surface area (Å²) in [6.07, 6.45) is 1.62. The number of benzene rings is 1. The minimum atomic E-state index is -0.418. The Labute approximate surface area is 114 Å². The quantitative estimate of drug-likeness (QED) is 0.790. The standard InChI is InChI=1S/C14H11FN4O/c15-10-5-1-2-7-13(10)19-14(12(9-20)17-18-19)11-6-3-4-8-16-11/h1-8,20H,9H2. The summed E-state index contributed by atoms with van der Waals surface area (Å²) < 4.78 is 15.3. The van der Waals surface area contributed by atoms with Gasteiger partial charge in [0.2, 0.25) is 0 Å². The van der Waals surface area contributed by atoms with Gasteiger partial charge in [0, 0.05) is 6.20 Å². The van der Waals surface area contributed by atoms with Gasteiger partial charge in [-0.1, -0.05) is 23.4 Å². The van der Waals surface area contributed by atoms with E-state index in [1.807, 2.05) is 6.07 Å². The number of para-hydroxylation sites is 1. The van der Waals surface area contributed by atoms with Gasteiger partial charge in [-0.3, -0.25) is 4.98 Å². The van der Waals surface area contributed by atoms with Crippen LogP contribution < -0.4 is 0 Å². The molecule has 1 aromatic carbocycles. The molecule has 1 N–H and O–H groups in total. The molecule has 0 amide bonds. The van der Waals surface area contributed by atoms with Crippen LogP contribution in [0.25, 0.3) is 17.1 Å². The third-order valence-corrected chi connectivity index (χ3v) is 2.88. The Kier molecular flexibility index (Phi) is 3.22. The zero-order chi connectivity index (χ0) is 13.9. The van der Waals surface area contributed by atoms with Gasteiger partial charge in [-0.15, -0.1) is 5.10 Å². The molecule has 20 heavy (non-hydrogen) atoms. The minimum absolute atomic E-state index is 0.264. The normalized spacial score (nSPS) is 10.7. The summed E-state index contributed by atoms with van der Waals surface area (Å²) in [5.41, 5.74) is 1.68. The van der Waals surface area contributed by atoms with Gasteiger partial charge in [-0.25, -0.2) is 9.07 Å². The van der Waals surface area contributed by atoms with E-state index in [0.29, 0.717) is 17.1 Å². The van der Waals surface area contributed by atoms with Crippen LogP contribution in [0.3, 0.4) is 0 Å². The first-order valence-electron chi connectivity index (χ1n) is 6.03. The van der Waals surface area contributed by atoms with E-state index in [1.54, 1.807) is 36.5 Å². The molecule has 0 bridgehead atoms. The van der Waals surface area contributed by atoms with E-state index in [0.717, 1.165) is 0 Å². The zero-order valence-electron chi connectivity index (χ0n) is 10.4. The molecule has 6 heteroatoms. The number of rotatable bonds is 3. The summed E-state index contributed by atoms with van der Waals surface area (Å²) in [6.45, 7) is -0.291. The van der Waals surface area contributed by atoms with Crippen molar-refractivity contribution in [1.82, 2.24) is 20.0 Å². The molecule has 0 aliphatic heterocycles. The van der Waals surface area contributed by atoms with E-state index in [4.69, 9.17) is 0 Å². The number of halogens is 1. The monoisotopic (exact) mass is 270 g/mol. The number of hydrogen-bond donors (Lipinski definition) is 1. The van der Waals surface area contributed by atoms with Gasteiger partial charge in [0.05, 0.1) is 12.3 Å². The lowest BCUT2D eigenvalue weighted by Crippen LogP contribution is -2.03. The van der Waals surface area contributed by atoms with Crippen molar-refractivity contribution < 1.29 is 9.50 Å². The lowest BCUT2D eigenvalue weighted by molar-refractivity contribution is 0.277. The van der Waals surface area contributed by atoms with Crippen LogP contribution in [0.4, 0.5) is 4.39 Å². The van der Waals surface area contributed by atoms with Gasteiger partial charge >= 0.3 is 0 Å². The average Bonchev–Trinajstić information content (AvgIpc) is 2.92. The Morgan fingerprint density at radius 3 is 2.60 bits per heavy atom. The second-order valence-corrected chi connectivity index (χ2v) is 4.12. The number of hydrogen-bond acceptors (Lipinski definition) is 4. The molecule has 0 spiro atoms. The van der Waals surface area contributed by atoms with Crippen molar-refractivity contribution in [2.24, 2.45) is 0 Å². The van der Waals surface area contributed by atoms with Crippen molar-refractivity contribution in [2.45, 2.75) is 6.61 Å². The minimum Gasteiger partial charge on any atom is -0.390 e. The molecule has 0 saturated heterocycles. The topological polar surface area (TPSA) is 63.8 Å². The van der Waals surface area contributed by atoms with Crippen molar-refractivity contribution in [3.05, 3.63) is 60.2 Å². The molecule has 0 radical (unpaired) electrons. The molecule has 0 fully saturated rings. The van der Waals surface area contributed by atoms with Crippen LogP contribution in [-0.2, 0) is 6.61 Å². The summed E-state index contributed by atoms with van der Waals surface area (Å²) >= 11 is 0. The lowest BCUT2D eigenvalue weighted by Gasteiger charge is -2.07. The molecule has 2 aromatic heterocycles. The van der Waals surface area contributed by atoms with Gasteiger partial charge in [0.25, 0.3) is 0 Å². The van der Waals surface area contributed by atoms with Crippen LogP contribution in [0.2, 0.25) is 0 Å². The smallest absolute Gasteiger partial charge is 0.148 e. The Morgan fingerprint density at radius 2 is 1.90 bits per heavy atom. The van der Waals surface area contributed by atoms with Crippen LogP contribution >= 0.6 is 0 Å². The van der Waals surface area contributed by atoms with E-state index in [2.05, 4.69) is 15.3 Å². The third kappa shape index (κ3) is 2.06. The summed E-state index contributed by atoms with van der Waals surface area (Å²) in [7, 11) is 0. The maximum Gasteiger partial charge on any atom is 0.148 e. The van der Waals surface area contributed by atoms with Gasteiger partial charge in [-0.2, -0.15) is 0 Å². The molecule has 3 aromatic rings. The molecule has 2 heterocycles. The number of aliphatic hydroxyl groups excluding tert-OH is 1. The molecular formula is C14H11FN4O. The molecule has 100 valence electrons. The maximum atomic E-state index is 13.9. The summed E-state index contributed by atoms with van der Waals surface area (Å²) in [5, 5.41) is 17.2. The van der Waals surface area contributed by atoms with E-state index < -0.39 is 5.82 Å². The van der Waals surface area contributed by atoms with Gasteiger partial charge < -0.3 is 5.11 Å². The highest BCUT2D eigenvalue weighted by molar-refractivity contribution is 5.60. The number of pyridine rings is 1. The Bertz CT molecular complexity index is 727. The van der Waals surface area contributed by atoms with E-state index >= 15 is 0 Å². The molecule has 3 rings (SSSR count). The van der Waals surface area contributed by atoms with Crippen molar-refractivity contribution in [3.63, 3.8) is 0 Å². The Morgan fingerprint density at radius 1 is 1.10 bits per heavy atom. The molecule has 0 saturated carbocycles. The summed E-state index contributed by atoms with van der Waals surface area (Å²) in [5.74, 6) is -0.418. The number of aliphatic hydroxyl groups is 1. The fourth-order valence-corrected chi connectivity index (χ4v) is 1.97. The highest BCUT2D eigenvalue weighted by Gasteiger charge is 2.18. The summed E-state index contributed by atoms with van der Waals surface area (Å²) in [6, 6.07) is 11.6. The molecule has 0 unspecified atom stereocenters. The van der Waals surface area contributed by atoms with Gasteiger partial charge in [0.1, 0.15) is 22.9 Å². The van der Waals surface area contributed by atoms with Gasteiger partial charge in [-0.05, 0) is 24.3 Å². The second-order valence-electron chi connectivity index (χ2n) is 4.12. The Balaban J connectivity index is 2.24. The predicted molar refractivity (Wildman–Crippen MR) is 70.5 cm³/mol. The molecule has 0 aliphatic rings. The van der Waals surface area contributed by atoms with Crippen LogP contribution in [0, 0.1) is 5.82 Å². The predicted octanol–water partition coefficient (Wildman–Crippen LogP) is 1.96. The van der Waals surface area contributed by atoms with Crippen LogP contribution in [0.1, 0.15) is 5.69 Å². The lowest BCUT2D eigenvalue weighted by atomic mass is 10.2. The van der Waals surface area contributed by atoms with E-state index in [9.17, 15) is 9.50 Å². The molecular weight excluding hydrogens is 259 g/mol. The number of nitrogens with zero attached hydrogens (tertiary/aromatic N) is 4. The molecule has 0 atom stereocenters. The largest absolute Gasteiger partial charge is 0.390 e. The fraction of sp³-hybridized carbons (Fsp3) is 0.0714. The third-order valence-electron chi connectivity index (χ3n) is 2.88. The highest BCUT2D eigenvalue weighted by atomic mass is 19.1. The average molecular weight is 270 g/mol. The van der Waals surface area contributed by atoms with Crippen LogP contribution in [0.15, 0.2) is 48.7 Å². The first-order valence-corrected chi connectivity index (χ1v) is 6.03. The van der Waals surface area contributed by atoms with Crippen molar-refractivity contribution >= 4 is 0 Å². The summed E-state index contributed by atoms with van der Waals surface area (Å²) in [4.78, 5) is 4.21. The molecule has 5 nitrogen and oxygen atoms in total. The van der Waals surface area contributed by atoms with Crippen LogP contribution in [-0.4, -0.2) is 25.1 Å². The van der Waals surface area contributed by atoms with Crippen LogP contribution in [0.5, 0.6) is 0 Å². The zero-order valence-corrected chi connectivity index (χ0v) is 10.4.